The van der Waals surface area contributed by atoms with Crippen LogP contribution in [0.4, 0.5) is 0 Å². The molecule has 20 heavy (non-hydrogen) atoms. The third-order valence-electron chi connectivity index (χ3n) is 2.56. The predicted molar refractivity (Wildman–Crippen MR) is 76.1 cm³/mol. The number of hydrogen-bond acceptors (Lipinski definition) is 5. The first-order chi connectivity index (χ1) is 9.58. The highest BCUT2D eigenvalue weighted by atomic mass is 32.2. The van der Waals surface area contributed by atoms with Crippen LogP contribution in [0, 0.1) is 6.92 Å². The van der Waals surface area contributed by atoms with Gasteiger partial charge in [-0.1, -0.05) is 13.3 Å². The highest BCUT2D eigenvalue weighted by Crippen LogP contribution is 2.24. The van der Waals surface area contributed by atoms with Crippen LogP contribution in [0.3, 0.4) is 0 Å². The fourth-order valence-electron chi connectivity index (χ4n) is 1.65. The van der Waals surface area contributed by atoms with E-state index in [1.54, 1.807) is 24.5 Å². The molecule has 0 aromatic carbocycles. The number of pyridine rings is 1. The summed E-state index contributed by atoms with van der Waals surface area (Å²) in [5.74, 6) is -0.948. The van der Waals surface area contributed by atoms with Crippen LogP contribution in [0.5, 0.6) is 0 Å². The zero-order chi connectivity index (χ0) is 14.5. The standard InChI is InChI=1S/C14H15N3O2S/c1-3-4-11-5-10(13(18)19)6-12(17-11)20-14-15-7-9(2)8-16-14/h5-8H,3-4H2,1-2H3,(H,18,19). The fourth-order valence-corrected chi connectivity index (χ4v) is 2.39. The van der Waals surface area contributed by atoms with Crippen LogP contribution in [0.1, 0.15) is 35.0 Å². The Hall–Kier alpha value is -1.95. The summed E-state index contributed by atoms with van der Waals surface area (Å²) in [6.45, 7) is 3.95. The van der Waals surface area contributed by atoms with Crippen molar-refractivity contribution in [2.24, 2.45) is 0 Å². The van der Waals surface area contributed by atoms with E-state index in [9.17, 15) is 4.79 Å². The zero-order valence-electron chi connectivity index (χ0n) is 11.3. The topological polar surface area (TPSA) is 76.0 Å². The minimum atomic E-state index is -0.948. The highest BCUT2D eigenvalue weighted by Gasteiger charge is 2.10. The van der Waals surface area contributed by atoms with Gasteiger partial charge < -0.3 is 5.11 Å². The minimum absolute atomic E-state index is 0.248. The van der Waals surface area contributed by atoms with E-state index in [-0.39, 0.29) is 5.56 Å². The van der Waals surface area contributed by atoms with Gasteiger partial charge in [0.25, 0.3) is 0 Å². The molecule has 0 radical (unpaired) electrons. The summed E-state index contributed by atoms with van der Waals surface area (Å²) in [6, 6.07) is 3.17. The number of aromatic carboxylic acids is 1. The van der Waals surface area contributed by atoms with E-state index in [4.69, 9.17) is 5.11 Å². The van der Waals surface area contributed by atoms with E-state index in [1.807, 2.05) is 13.8 Å². The van der Waals surface area contributed by atoms with Crippen LogP contribution >= 0.6 is 11.8 Å². The molecule has 2 aromatic heterocycles. The number of carboxylic acid groups (broad SMARTS) is 1. The summed E-state index contributed by atoms with van der Waals surface area (Å²) in [5.41, 5.74) is 2.01. The average molecular weight is 289 g/mol. The number of rotatable bonds is 5. The van der Waals surface area contributed by atoms with Crippen LogP contribution < -0.4 is 0 Å². The van der Waals surface area contributed by atoms with Gasteiger partial charge in [0.05, 0.1) is 5.56 Å². The van der Waals surface area contributed by atoms with Gasteiger partial charge in [-0.15, -0.1) is 0 Å². The van der Waals surface area contributed by atoms with Gasteiger partial charge in [-0.25, -0.2) is 19.7 Å². The Morgan fingerprint density at radius 3 is 2.60 bits per heavy atom. The molecule has 0 aliphatic rings. The van der Waals surface area contributed by atoms with Gasteiger partial charge in [0.1, 0.15) is 5.03 Å². The van der Waals surface area contributed by atoms with E-state index >= 15 is 0 Å². The lowest BCUT2D eigenvalue weighted by Gasteiger charge is -2.05. The van der Waals surface area contributed by atoms with Crippen molar-refractivity contribution in [2.75, 3.05) is 0 Å². The van der Waals surface area contributed by atoms with Gasteiger partial charge >= 0.3 is 5.97 Å². The van der Waals surface area contributed by atoms with Gasteiger partial charge in [-0.05, 0) is 42.8 Å². The van der Waals surface area contributed by atoms with Crippen molar-refractivity contribution in [3.05, 3.63) is 41.3 Å². The third kappa shape index (κ3) is 3.77. The molecular weight excluding hydrogens is 274 g/mol. The van der Waals surface area contributed by atoms with Crippen LogP contribution in [0.15, 0.2) is 34.7 Å². The average Bonchev–Trinajstić information content (AvgIpc) is 2.41. The van der Waals surface area contributed by atoms with Crippen molar-refractivity contribution >= 4 is 17.7 Å². The Morgan fingerprint density at radius 2 is 2.00 bits per heavy atom. The molecule has 6 heteroatoms. The Kier molecular flexibility index (Phi) is 4.68. The lowest BCUT2D eigenvalue weighted by atomic mass is 10.2. The summed E-state index contributed by atoms with van der Waals surface area (Å²) < 4.78 is 0. The minimum Gasteiger partial charge on any atom is -0.478 e. The van der Waals surface area contributed by atoms with E-state index in [0.29, 0.717) is 10.2 Å². The van der Waals surface area contributed by atoms with Crippen molar-refractivity contribution in [3.63, 3.8) is 0 Å². The predicted octanol–water partition coefficient (Wildman–Crippen LogP) is 2.98. The lowest BCUT2D eigenvalue weighted by molar-refractivity contribution is 0.0696. The van der Waals surface area contributed by atoms with Gasteiger partial charge in [0.2, 0.25) is 0 Å². The molecule has 2 aromatic rings. The number of nitrogens with zero attached hydrogens (tertiary/aromatic N) is 3. The number of carbonyl (C=O) groups is 1. The Balaban J connectivity index is 2.29. The van der Waals surface area contributed by atoms with E-state index < -0.39 is 5.97 Å². The molecule has 0 aliphatic carbocycles. The van der Waals surface area contributed by atoms with E-state index in [1.165, 1.54) is 11.8 Å². The first kappa shape index (κ1) is 14.5. The van der Waals surface area contributed by atoms with Gasteiger partial charge in [-0.2, -0.15) is 0 Å². The first-order valence-electron chi connectivity index (χ1n) is 6.29. The largest absolute Gasteiger partial charge is 0.478 e. The quantitative estimate of drug-likeness (QED) is 0.853. The Bertz CT molecular complexity index is 614. The highest BCUT2D eigenvalue weighted by molar-refractivity contribution is 7.99. The van der Waals surface area contributed by atoms with Crippen molar-refractivity contribution in [1.82, 2.24) is 15.0 Å². The number of carboxylic acids is 1. The molecular formula is C14H15N3O2S. The maximum absolute atomic E-state index is 11.1. The molecule has 0 saturated heterocycles. The van der Waals surface area contributed by atoms with Crippen molar-refractivity contribution in [3.8, 4) is 0 Å². The van der Waals surface area contributed by atoms with Crippen LogP contribution in [-0.4, -0.2) is 26.0 Å². The van der Waals surface area contributed by atoms with Crippen LogP contribution in [0.25, 0.3) is 0 Å². The molecule has 0 amide bonds. The van der Waals surface area contributed by atoms with Crippen LogP contribution in [0.2, 0.25) is 0 Å². The Morgan fingerprint density at radius 1 is 1.30 bits per heavy atom. The smallest absolute Gasteiger partial charge is 0.335 e. The molecule has 0 aliphatic heterocycles. The second kappa shape index (κ2) is 6.47. The van der Waals surface area contributed by atoms with Crippen LogP contribution in [-0.2, 0) is 6.42 Å². The van der Waals surface area contributed by atoms with Gasteiger partial charge in [0.15, 0.2) is 5.16 Å². The molecule has 5 nitrogen and oxygen atoms in total. The molecule has 0 bridgehead atoms. The molecule has 0 unspecified atom stereocenters. The summed E-state index contributed by atoms with van der Waals surface area (Å²) in [6.07, 6.45) is 5.12. The SMILES string of the molecule is CCCc1cc(C(=O)O)cc(Sc2ncc(C)cn2)n1. The fraction of sp³-hybridized carbons (Fsp3) is 0.286. The molecule has 0 atom stereocenters. The molecule has 0 spiro atoms. The zero-order valence-corrected chi connectivity index (χ0v) is 12.1. The van der Waals surface area contributed by atoms with Gasteiger partial charge in [0, 0.05) is 18.1 Å². The molecule has 104 valence electrons. The number of hydrogen-bond donors (Lipinski definition) is 1. The Labute approximate surface area is 121 Å². The van der Waals surface area contributed by atoms with E-state index in [2.05, 4.69) is 15.0 Å². The van der Waals surface area contributed by atoms with Gasteiger partial charge in [-0.3, -0.25) is 0 Å². The second-order valence-electron chi connectivity index (χ2n) is 4.39. The van der Waals surface area contributed by atoms with Crippen molar-refractivity contribution in [2.45, 2.75) is 36.9 Å². The first-order valence-corrected chi connectivity index (χ1v) is 7.11. The van der Waals surface area contributed by atoms with Crippen molar-refractivity contribution < 1.29 is 9.90 Å². The second-order valence-corrected chi connectivity index (χ2v) is 5.37. The monoisotopic (exact) mass is 289 g/mol. The number of aromatic nitrogens is 3. The molecule has 0 fully saturated rings. The number of aryl methyl sites for hydroxylation is 2. The summed E-state index contributed by atoms with van der Waals surface area (Å²) in [7, 11) is 0. The maximum Gasteiger partial charge on any atom is 0.335 e. The molecule has 2 rings (SSSR count). The summed E-state index contributed by atoms with van der Waals surface area (Å²) >= 11 is 1.27. The maximum atomic E-state index is 11.1. The normalized spacial score (nSPS) is 10.5. The molecule has 0 saturated carbocycles. The summed E-state index contributed by atoms with van der Waals surface area (Å²) in [5, 5.41) is 10.3. The summed E-state index contributed by atoms with van der Waals surface area (Å²) in [4.78, 5) is 24.0. The molecule has 2 heterocycles. The third-order valence-corrected chi connectivity index (χ3v) is 3.37. The van der Waals surface area contributed by atoms with Crippen molar-refractivity contribution in [1.29, 1.82) is 0 Å². The van der Waals surface area contributed by atoms with E-state index in [0.717, 1.165) is 24.1 Å². The molecule has 1 N–H and O–H groups in total. The lowest BCUT2D eigenvalue weighted by Crippen LogP contribution is -2.01.